The number of thioether (sulfide) groups is 1. The number of rotatable bonds is 4. The van der Waals surface area contributed by atoms with Crippen LogP contribution in [0.2, 0.25) is 0 Å². The molecule has 2 rings (SSSR count). The van der Waals surface area contributed by atoms with Crippen molar-refractivity contribution >= 4 is 11.8 Å². The van der Waals surface area contributed by atoms with Crippen LogP contribution in [0.4, 0.5) is 0 Å². The van der Waals surface area contributed by atoms with Gasteiger partial charge >= 0.3 is 0 Å². The van der Waals surface area contributed by atoms with E-state index in [9.17, 15) is 0 Å². The molecule has 0 aromatic carbocycles. The first-order chi connectivity index (χ1) is 7.68. The van der Waals surface area contributed by atoms with Gasteiger partial charge in [-0.2, -0.15) is 5.10 Å². The molecule has 5 nitrogen and oxygen atoms in total. The molecule has 0 saturated heterocycles. The highest BCUT2D eigenvalue weighted by Gasteiger charge is 2.12. The van der Waals surface area contributed by atoms with Gasteiger partial charge in [-0.15, -0.1) is 0 Å². The standard InChI is InChI=1S/C10H15N5S/c1-8(14(2)3)16-10-11-4-5-15(10)9-6-12-13-7-9/h4-8H,1-3H3,(H,12,13). The number of hydrogen-bond donors (Lipinski definition) is 1. The molecule has 0 fully saturated rings. The molecule has 6 heteroatoms. The predicted molar refractivity (Wildman–Crippen MR) is 64.7 cm³/mol. The maximum Gasteiger partial charge on any atom is 0.174 e. The Hall–Kier alpha value is -1.27. The largest absolute Gasteiger partial charge is 0.297 e. The summed E-state index contributed by atoms with van der Waals surface area (Å²) in [6, 6.07) is 0. The van der Waals surface area contributed by atoms with Crippen molar-refractivity contribution in [3.8, 4) is 5.69 Å². The molecule has 0 bridgehead atoms. The van der Waals surface area contributed by atoms with Crippen molar-refractivity contribution in [1.29, 1.82) is 0 Å². The van der Waals surface area contributed by atoms with Crippen LogP contribution in [0.1, 0.15) is 6.92 Å². The van der Waals surface area contributed by atoms with E-state index in [0.717, 1.165) is 10.8 Å². The van der Waals surface area contributed by atoms with Crippen molar-refractivity contribution in [1.82, 2.24) is 24.6 Å². The molecule has 0 aliphatic heterocycles. The van der Waals surface area contributed by atoms with Crippen LogP contribution in [0.5, 0.6) is 0 Å². The minimum Gasteiger partial charge on any atom is -0.297 e. The summed E-state index contributed by atoms with van der Waals surface area (Å²) in [4.78, 5) is 6.50. The average molecular weight is 237 g/mol. The van der Waals surface area contributed by atoms with Crippen LogP contribution in [-0.4, -0.2) is 44.1 Å². The summed E-state index contributed by atoms with van der Waals surface area (Å²) in [7, 11) is 4.12. The van der Waals surface area contributed by atoms with E-state index in [0.29, 0.717) is 5.37 Å². The maximum atomic E-state index is 4.35. The van der Waals surface area contributed by atoms with Crippen molar-refractivity contribution in [2.24, 2.45) is 0 Å². The lowest BCUT2D eigenvalue weighted by Crippen LogP contribution is -2.21. The molecule has 1 N–H and O–H groups in total. The number of nitrogens with one attached hydrogen (secondary N) is 1. The topological polar surface area (TPSA) is 49.7 Å². The highest BCUT2D eigenvalue weighted by atomic mass is 32.2. The third kappa shape index (κ3) is 2.28. The van der Waals surface area contributed by atoms with Crippen LogP contribution >= 0.6 is 11.8 Å². The number of hydrogen-bond acceptors (Lipinski definition) is 4. The molecule has 16 heavy (non-hydrogen) atoms. The summed E-state index contributed by atoms with van der Waals surface area (Å²) in [5, 5.41) is 8.10. The molecule has 0 radical (unpaired) electrons. The van der Waals surface area contributed by atoms with E-state index in [1.807, 2.05) is 17.0 Å². The van der Waals surface area contributed by atoms with E-state index in [2.05, 4.69) is 41.1 Å². The zero-order valence-electron chi connectivity index (χ0n) is 9.58. The normalized spacial score (nSPS) is 13.2. The van der Waals surface area contributed by atoms with Gasteiger partial charge in [-0.1, -0.05) is 11.8 Å². The molecule has 0 aliphatic rings. The molecular formula is C10H15N5S. The summed E-state index contributed by atoms with van der Waals surface area (Å²) < 4.78 is 2.02. The van der Waals surface area contributed by atoms with Gasteiger partial charge < -0.3 is 0 Å². The van der Waals surface area contributed by atoms with Gasteiger partial charge in [0.1, 0.15) is 0 Å². The zero-order chi connectivity index (χ0) is 11.5. The second-order valence-electron chi connectivity index (χ2n) is 3.72. The summed E-state index contributed by atoms with van der Waals surface area (Å²) in [6.07, 6.45) is 7.38. The van der Waals surface area contributed by atoms with E-state index >= 15 is 0 Å². The number of nitrogens with zero attached hydrogens (tertiary/aromatic N) is 4. The molecule has 0 saturated carbocycles. The van der Waals surface area contributed by atoms with E-state index in [1.54, 1.807) is 24.2 Å². The molecule has 2 aromatic heterocycles. The molecular weight excluding hydrogens is 222 g/mol. The van der Waals surface area contributed by atoms with Crippen molar-refractivity contribution in [2.75, 3.05) is 14.1 Å². The lowest BCUT2D eigenvalue weighted by molar-refractivity contribution is 0.401. The van der Waals surface area contributed by atoms with Gasteiger partial charge in [-0.05, 0) is 21.0 Å². The van der Waals surface area contributed by atoms with E-state index in [1.165, 1.54) is 0 Å². The predicted octanol–water partition coefficient (Wildman–Crippen LogP) is 1.60. The first kappa shape index (κ1) is 11.2. The molecule has 0 amide bonds. The van der Waals surface area contributed by atoms with Crippen LogP contribution in [0, 0.1) is 0 Å². The van der Waals surface area contributed by atoms with Crippen LogP contribution in [-0.2, 0) is 0 Å². The van der Waals surface area contributed by atoms with Crippen LogP contribution in [0.25, 0.3) is 5.69 Å². The Morgan fingerprint density at radius 1 is 1.50 bits per heavy atom. The molecule has 86 valence electrons. The Balaban J connectivity index is 2.20. The summed E-state index contributed by atoms with van der Waals surface area (Å²) in [6.45, 7) is 2.15. The lowest BCUT2D eigenvalue weighted by Gasteiger charge is -2.18. The molecule has 2 heterocycles. The van der Waals surface area contributed by atoms with Gasteiger partial charge in [-0.25, -0.2) is 4.98 Å². The van der Waals surface area contributed by atoms with Crippen LogP contribution < -0.4 is 0 Å². The fourth-order valence-corrected chi connectivity index (χ4v) is 2.12. The van der Waals surface area contributed by atoms with Crippen molar-refractivity contribution in [3.05, 3.63) is 24.8 Å². The van der Waals surface area contributed by atoms with E-state index in [4.69, 9.17) is 0 Å². The van der Waals surface area contributed by atoms with Gasteiger partial charge in [0.25, 0.3) is 0 Å². The van der Waals surface area contributed by atoms with Gasteiger partial charge in [-0.3, -0.25) is 14.6 Å². The molecule has 0 aliphatic carbocycles. The number of imidazole rings is 1. The Bertz CT molecular complexity index is 434. The second-order valence-corrected chi connectivity index (χ2v) is 5.00. The third-order valence-corrected chi connectivity index (χ3v) is 3.65. The quantitative estimate of drug-likeness (QED) is 0.648. The van der Waals surface area contributed by atoms with Gasteiger partial charge in [0.15, 0.2) is 5.16 Å². The second kappa shape index (κ2) is 4.71. The monoisotopic (exact) mass is 237 g/mol. The Morgan fingerprint density at radius 3 is 2.94 bits per heavy atom. The summed E-state index contributed by atoms with van der Waals surface area (Å²) in [5.41, 5.74) is 1.01. The Morgan fingerprint density at radius 2 is 2.31 bits per heavy atom. The third-order valence-electron chi connectivity index (χ3n) is 2.37. The fraction of sp³-hybridized carbons (Fsp3) is 0.400. The molecule has 1 unspecified atom stereocenters. The SMILES string of the molecule is CC(Sc1nccn1-c1cn[nH]c1)N(C)C. The van der Waals surface area contributed by atoms with Crippen LogP contribution in [0.3, 0.4) is 0 Å². The highest BCUT2D eigenvalue weighted by Crippen LogP contribution is 2.24. The zero-order valence-corrected chi connectivity index (χ0v) is 10.4. The minimum absolute atomic E-state index is 0.382. The van der Waals surface area contributed by atoms with Gasteiger partial charge in [0.2, 0.25) is 0 Å². The molecule has 0 spiro atoms. The molecule has 1 atom stereocenters. The maximum absolute atomic E-state index is 4.35. The van der Waals surface area contributed by atoms with Gasteiger partial charge in [0.05, 0.1) is 17.3 Å². The lowest BCUT2D eigenvalue weighted by atomic mass is 10.6. The Kier molecular flexibility index (Phi) is 3.31. The van der Waals surface area contributed by atoms with Crippen molar-refractivity contribution < 1.29 is 0 Å². The smallest absolute Gasteiger partial charge is 0.174 e. The number of aromatic nitrogens is 4. The first-order valence-corrected chi connectivity index (χ1v) is 5.92. The Labute approximate surface area is 98.9 Å². The van der Waals surface area contributed by atoms with Crippen molar-refractivity contribution in [3.63, 3.8) is 0 Å². The molecule has 2 aromatic rings. The van der Waals surface area contributed by atoms with E-state index in [-0.39, 0.29) is 0 Å². The number of H-pyrrole nitrogens is 1. The summed E-state index contributed by atoms with van der Waals surface area (Å²) >= 11 is 1.72. The minimum atomic E-state index is 0.382. The summed E-state index contributed by atoms with van der Waals surface area (Å²) in [5.74, 6) is 0. The average Bonchev–Trinajstić information content (AvgIpc) is 2.85. The van der Waals surface area contributed by atoms with E-state index < -0.39 is 0 Å². The first-order valence-electron chi connectivity index (χ1n) is 5.04. The van der Waals surface area contributed by atoms with Gasteiger partial charge in [0, 0.05) is 18.6 Å². The highest BCUT2D eigenvalue weighted by molar-refractivity contribution is 7.99. The van der Waals surface area contributed by atoms with Crippen LogP contribution in [0.15, 0.2) is 29.9 Å². The fourth-order valence-electron chi connectivity index (χ4n) is 1.21. The number of aromatic amines is 1. The van der Waals surface area contributed by atoms with Crippen molar-refractivity contribution in [2.45, 2.75) is 17.5 Å².